The molecule has 0 radical (unpaired) electrons. The van der Waals surface area contributed by atoms with Crippen LogP contribution in [0.5, 0.6) is 0 Å². The SMILES string of the molecule is CCOC(=O)C(N)Cc1cn[nH]c1-c1ccc(F)cc1. The van der Waals surface area contributed by atoms with Crippen molar-refractivity contribution >= 4 is 5.97 Å². The lowest BCUT2D eigenvalue weighted by molar-refractivity contribution is -0.144. The topological polar surface area (TPSA) is 81.0 Å². The fraction of sp³-hybridized carbons (Fsp3) is 0.286. The lowest BCUT2D eigenvalue weighted by atomic mass is 10.0. The van der Waals surface area contributed by atoms with Crippen LogP contribution in [0.4, 0.5) is 4.39 Å². The Morgan fingerprint density at radius 2 is 2.15 bits per heavy atom. The smallest absolute Gasteiger partial charge is 0.323 e. The summed E-state index contributed by atoms with van der Waals surface area (Å²) in [6, 6.07) is 5.27. The highest BCUT2D eigenvalue weighted by molar-refractivity contribution is 5.76. The van der Waals surface area contributed by atoms with Crippen molar-refractivity contribution in [2.45, 2.75) is 19.4 Å². The maximum atomic E-state index is 12.9. The molecule has 1 atom stereocenters. The lowest BCUT2D eigenvalue weighted by Gasteiger charge is -2.10. The molecular formula is C14H16FN3O2. The molecule has 0 aliphatic rings. The predicted octanol–water partition coefficient (Wildman–Crippen LogP) is 1.65. The van der Waals surface area contributed by atoms with Crippen molar-refractivity contribution in [1.82, 2.24) is 10.2 Å². The maximum absolute atomic E-state index is 12.9. The first-order valence-electron chi connectivity index (χ1n) is 6.32. The zero-order chi connectivity index (χ0) is 14.5. The number of hydrogen-bond donors (Lipinski definition) is 2. The fourth-order valence-corrected chi connectivity index (χ4v) is 1.90. The summed E-state index contributed by atoms with van der Waals surface area (Å²) in [5.74, 6) is -0.753. The van der Waals surface area contributed by atoms with Gasteiger partial charge in [0.15, 0.2) is 0 Å². The molecule has 3 N–H and O–H groups in total. The largest absolute Gasteiger partial charge is 0.465 e. The third-order valence-electron chi connectivity index (χ3n) is 2.88. The number of esters is 1. The van der Waals surface area contributed by atoms with E-state index in [1.54, 1.807) is 25.3 Å². The van der Waals surface area contributed by atoms with Crippen molar-refractivity contribution in [3.63, 3.8) is 0 Å². The van der Waals surface area contributed by atoms with Crippen molar-refractivity contribution in [3.8, 4) is 11.3 Å². The van der Waals surface area contributed by atoms with Gasteiger partial charge in [0.2, 0.25) is 0 Å². The van der Waals surface area contributed by atoms with E-state index in [9.17, 15) is 9.18 Å². The fourth-order valence-electron chi connectivity index (χ4n) is 1.90. The molecule has 2 rings (SSSR count). The van der Waals surface area contributed by atoms with E-state index in [0.29, 0.717) is 13.0 Å². The minimum absolute atomic E-state index is 0.294. The van der Waals surface area contributed by atoms with Crippen LogP contribution in [0, 0.1) is 5.82 Å². The monoisotopic (exact) mass is 277 g/mol. The van der Waals surface area contributed by atoms with Gasteiger partial charge >= 0.3 is 5.97 Å². The van der Waals surface area contributed by atoms with Gasteiger partial charge in [0.1, 0.15) is 11.9 Å². The summed E-state index contributed by atoms with van der Waals surface area (Å²) < 4.78 is 17.8. The van der Waals surface area contributed by atoms with Gasteiger partial charge in [-0.3, -0.25) is 9.89 Å². The van der Waals surface area contributed by atoms with E-state index in [4.69, 9.17) is 10.5 Å². The van der Waals surface area contributed by atoms with Crippen molar-refractivity contribution in [1.29, 1.82) is 0 Å². The molecule has 0 aliphatic carbocycles. The van der Waals surface area contributed by atoms with E-state index in [-0.39, 0.29) is 5.82 Å². The van der Waals surface area contributed by atoms with Gasteiger partial charge < -0.3 is 10.5 Å². The summed E-state index contributed by atoms with van der Waals surface area (Å²) in [7, 11) is 0. The zero-order valence-electron chi connectivity index (χ0n) is 11.1. The van der Waals surface area contributed by atoms with Crippen molar-refractivity contribution in [3.05, 3.63) is 41.8 Å². The number of benzene rings is 1. The molecule has 1 unspecified atom stereocenters. The number of nitrogens with two attached hydrogens (primary N) is 1. The van der Waals surface area contributed by atoms with Crippen LogP contribution in [0.1, 0.15) is 12.5 Å². The Bertz CT molecular complexity index is 580. The lowest BCUT2D eigenvalue weighted by Crippen LogP contribution is -2.34. The summed E-state index contributed by atoms with van der Waals surface area (Å²) in [5.41, 5.74) is 8.09. The molecule has 1 aromatic heterocycles. The number of H-pyrrole nitrogens is 1. The molecule has 0 aliphatic heterocycles. The third kappa shape index (κ3) is 3.21. The van der Waals surface area contributed by atoms with Gasteiger partial charge in [-0.15, -0.1) is 0 Å². The van der Waals surface area contributed by atoms with Crippen LogP contribution in [0.2, 0.25) is 0 Å². The molecule has 0 saturated heterocycles. The van der Waals surface area contributed by atoms with Crippen LogP contribution in [0.3, 0.4) is 0 Å². The number of hydrogen-bond acceptors (Lipinski definition) is 4. The Kier molecular flexibility index (Phi) is 4.47. The number of nitrogens with one attached hydrogen (secondary N) is 1. The van der Waals surface area contributed by atoms with Gasteiger partial charge in [-0.05, 0) is 36.8 Å². The maximum Gasteiger partial charge on any atom is 0.323 e. The molecule has 1 heterocycles. The number of rotatable bonds is 5. The van der Waals surface area contributed by atoms with Crippen molar-refractivity contribution < 1.29 is 13.9 Å². The van der Waals surface area contributed by atoms with Crippen LogP contribution >= 0.6 is 0 Å². The van der Waals surface area contributed by atoms with Crippen molar-refractivity contribution in [2.75, 3.05) is 6.61 Å². The second-order valence-electron chi connectivity index (χ2n) is 4.34. The van der Waals surface area contributed by atoms with E-state index in [1.165, 1.54) is 12.1 Å². The quantitative estimate of drug-likeness (QED) is 0.814. The first-order valence-corrected chi connectivity index (χ1v) is 6.32. The molecule has 0 spiro atoms. The molecular weight excluding hydrogens is 261 g/mol. The molecule has 20 heavy (non-hydrogen) atoms. The highest BCUT2D eigenvalue weighted by atomic mass is 19.1. The van der Waals surface area contributed by atoms with E-state index in [0.717, 1.165) is 16.8 Å². The summed E-state index contributed by atoms with van der Waals surface area (Å²) in [4.78, 5) is 11.5. The molecule has 6 heteroatoms. The number of aromatic amines is 1. The van der Waals surface area contributed by atoms with Gasteiger partial charge in [-0.2, -0.15) is 5.10 Å². The van der Waals surface area contributed by atoms with Crippen LogP contribution < -0.4 is 5.73 Å². The minimum atomic E-state index is -0.744. The Hall–Kier alpha value is -2.21. The average molecular weight is 277 g/mol. The number of aromatic nitrogens is 2. The third-order valence-corrected chi connectivity index (χ3v) is 2.88. The molecule has 5 nitrogen and oxygen atoms in total. The van der Waals surface area contributed by atoms with Gasteiger partial charge in [-0.25, -0.2) is 4.39 Å². The van der Waals surface area contributed by atoms with E-state index < -0.39 is 12.0 Å². The Morgan fingerprint density at radius 3 is 2.80 bits per heavy atom. The number of nitrogens with zero attached hydrogens (tertiary/aromatic N) is 1. The second kappa shape index (κ2) is 6.29. The summed E-state index contributed by atoms with van der Waals surface area (Å²) in [6.45, 7) is 2.02. The molecule has 0 saturated carbocycles. The highest BCUT2D eigenvalue weighted by Crippen LogP contribution is 2.22. The Balaban J connectivity index is 2.16. The summed E-state index contributed by atoms with van der Waals surface area (Å²) >= 11 is 0. The number of carbonyl (C=O) groups excluding carboxylic acids is 1. The summed E-state index contributed by atoms with van der Waals surface area (Å²) in [5, 5.41) is 6.79. The van der Waals surface area contributed by atoms with E-state index in [2.05, 4.69) is 10.2 Å². The van der Waals surface area contributed by atoms with Crippen LogP contribution in [-0.2, 0) is 16.0 Å². The molecule has 1 aromatic carbocycles. The van der Waals surface area contributed by atoms with Crippen LogP contribution in [0.25, 0.3) is 11.3 Å². The van der Waals surface area contributed by atoms with Crippen LogP contribution in [0.15, 0.2) is 30.5 Å². The van der Waals surface area contributed by atoms with Gasteiger partial charge in [-0.1, -0.05) is 0 Å². The standard InChI is InChI=1S/C14H16FN3O2/c1-2-20-14(19)12(16)7-10-8-17-18-13(10)9-3-5-11(15)6-4-9/h3-6,8,12H,2,7,16H2,1H3,(H,17,18). The minimum Gasteiger partial charge on any atom is -0.465 e. The second-order valence-corrected chi connectivity index (χ2v) is 4.34. The predicted molar refractivity (Wildman–Crippen MR) is 72.3 cm³/mol. The Labute approximate surface area is 115 Å². The molecule has 0 bridgehead atoms. The Morgan fingerprint density at radius 1 is 1.45 bits per heavy atom. The number of carbonyl (C=O) groups is 1. The van der Waals surface area contributed by atoms with E-state index in [1.807, 2.05) is 0 Å². The average Bonchev–Trinajstić information content (AvgIpc) is 2.88. The van der Waals surface area contributed by atoms with Gasteiger partial charge in [0.25, 0.3) is 0 Å². The van der Waals surface area contributed by atoms with Gasteiger partial charge in [0, 0.05) is 12.0 Å². The van der Waals surface area contributed by atoms with E-state index >= 15 is 0 Å². The van der Waals surface area contributed by atoms with Gasteiger partial charge in [0.05, 0.1) is 18.5 Å². The zero-order valence-corrected chi connectivity index (χ0v) is 11.1. The first kappa shape index (κ1) is 14.2. The first-order chi connectivity index (χ1) is 9.61. The van der Waals surface area contributed by atoms with Crippen molar-refractivity contribution in [2.24, 2.45) is 5.73 Å². The normalized spacial score (nSPS) is 12.2. The summed E-state index contributed by atoms with van der Waals surface area (Å²) in [6.07, 6.45) is 1.92. The number of ether oxygens (including phenoxy) is 1. The highest BCUT2D eigenvalue weighted by Gasteiger charge is 2.18. The van der Waals surface area contributed by atoms with Crippen LogP contribution in [-0.4, -0.2) is 28.8 Å². The number of halogens is 1. The molecule has 0 fully saturated rings. The molecule has 0 amide bonds. The molecule has 2 aromatic rings. The molecule has 106 valence electrons.